The van der Waals surface area contributed by atoms with Crippen LogP contribution in [0.4, 0.5) is 0 Å². The molecule has 2 rings (SSSR count). The smallest absolute Gasteiger partial charge is 0.225 e. The van der Waals surface area contributed by atoms with Gasteiger partial charge in [0, 0.05) is 11.4 Å². The summed E-state index contributed by atoms with van der Waals surface area (Å²) in [4.78, 5) is 12.8. The minimum Gasteiger partial charge on any atom is -0.355 e. The van der Waals surface area contributed by atoms with Gasteiger partial charge in [0.05, 0.1) is 6.42 Å². The van der Waals surface area contributed by atoms with E-state index in [2.05, 4.69) is 11.4 Å². The summed E-state index contributed by atoms with van der Waals surface area (Å²) in [6, 6.07) is 3.99. The molecule has 1 aromatic rings. The standard InChI is InChI=1S/C14H19NOS/c16-14(11-13-7-4-10-17-13)15-9-8-12-5-2-1-3-6-12/h4-5,7,10H,1-3,6,8-9,11H2,(H,15,16). The summed E-state index contributed by atoms with van der Waals surface area (Å²) in [7, 11) is 0. The van der Waals surface area contributed by atoms with Crippen molar-refractivity contribution in [2.24, 2.45) is 0 Å². The van der Waals surface area contributed by atoms with Gasteiger partial charge in [-0.05, 0) is 43.6 Å². The van der Waals surface area contributed by atoms with Gasteiger partial charge in [-0.15, -0.1) is 11.3 Å². The molecule has 1 aliphatic carbocycles. The van der Waals surface area contributed by atoms with Gasteiger partial charge in [0.25, 0.3) is 0 Å². The normalized spacial score (nSPS) is 15.4. The Kier molecular flexibility index (Phi) is 4.80. The summed E-state index contributed by atoms with van der Waals surface area (Å²) in [6.07, 6.45) is 8.98. The second kappa shape index (κ2) is 6.60. The van der Waals surface area contributed by atoms with Gasteiger partial charge < -0.3 is 5.32 Å². The average molecular weight is 249 g/mol. The number of carbonyl (C=O) groups is 1. The molecule has 1 amide bonds. The lowest BCUT2D eigenvalue weighted by atomic mass is 9.97. The first kappa shape index (κ1) is 12.4. The highest BCUT2D eigenvalue weighted by Gasteiger charge is 2.06. The molecule has 1 aliphatic rings. The molecule has 0 spiro atoms. The van der Waals surface area contributed by atoms with Crippen LogP contribution in [0.1, 0.15) is 37.0 Å². The third-order valence-electron chi connectivity index (χ3n) is 3.07. The fourth-order valence-corrected chi connectivity index (χ4v) is 2.83. The zero-order chi connectivity index (χ0) is 11.9. The monoisotopic (exact) mass is 249 g/mol. The molecule has 17 heavy (non-hydrogen) atoms. The van der Waals surface area contributed by atoms with Crippen LogP contribution in [0, 0.1) is 0 Å². The zero-order valence-corrected chi connectivity index (χ0v) is 10.9. The third kappa shape index (κ3) is 4.35. The van der Waals surface area contributed by atoms with Crippen molar-refractivity contribution in [3.8, 4) is 0 Å². The Balaban J connectivity index is 1.64. The third-order valence-corrected chi connectivity index (χ3v) is 3.94. The minimum atomic E-state index is 0.142. The van der Waals surface area contributed by atoms with Crippen LogP contribution in [0.25, 0.3) is 0 Å². The predicted molar refractivity (Wildman–Crippen MR) is 72.2 cm³/mol. The van der Waals surface area contributed by atoms with Crippen molar-refractivity contribution in [2.45, 2.75) is 38.5 Å². The molecule has 1 heterocycles. The number of thiophene rings is 1. The molecule has 0 aliphatic heterocycles. The van der Waals surface area contributed by atoms with E-state index in [9.17, 15) is 4.79 Å². The van der Waals surface area contributed by atoms with Crippen LogP contribution < -0.4 is 5.32 Å². The Bertz CT molecular complexity index is 381. The minimum absolute atomic E-state index is 0.142. The highest BCUT2D eigenvalue weighted by atomic mass is 32.1. The van der Waals surface area contributed by atoms with E-state index in [1.54, 1.807) is 11.3 Å². The van der Waals surface area contributed by atoms with E-state index in [-0.39, 0.29) is 5.91 Å². The fraction of sp³-hybridized carbons (Fsp3) is 0.500. The van der Waals surface area contributed by atoms with Gasteiger partial charge in [-0.3, -0.25) is 4.79 Å². The summed E-state index contributed by atoms with van der Waals surface area (Å²) < 4.78 is 0. The topological polar surface area (TPSA) is 29.1 Å². The van der Waals surface area contributed by atoms with Crippen molar-refractivity contribution in [3.63, 3.8) is 0 Å². The van der Waals surface area contributed by atoms with E-state index in [4.69, 9.17) is 0 Å². The van der Waals surface area contributed by atoms with Crippen LogP contribution in [0.5, 0.6) is 0 Å². The molecule has 2 nitrogen and oxygen atoms in total. The average Bonchev–Trinajstić information content (AvgIpc) is 2.83. The van der Waals surface area contributed by atoms with Crippen molar-refractivity contribution >= 4 is 17.2 Å². The maximum Gasteiger partial charge on any atom is 0.225 e. The molecule has 0 saturated carbocycles. The van der Waals surface area contributed by atoms with Crippen LogP contribution >= 0.6 is 11.3 Å². The Morgan fingerprint density at radius 3 is 3.06 bits per heavy atom. The lowest BCUT2D eigenvalue weighted by molar-refractivity contribution is -0.120. The molecule has 1 N–H and O–H groups in total. The number of nitrogens with one attached hydrogen (secondary N) is 1. The molecule has 3 heteroatoms. The van der Waals surface area contributed by atoms with E-state index in [1.807, 2.05) is 17.5 Å². The largest absolute Gasteiger partial charge is 0.355 e. The molecular formula is C14H19NOS. The molecule has 1 aromatic heterocycles. The van der Waals surface area contributed by atoms with E-state index in [1.165, 1.54) is 31.3 Å². The van der Waals surface area contributed by atoms with E-state index >= 15 is 0 Å². The lowest BCUT2D eigenvalue weighted by Crippen LogP contribution is -2.26. The number of hydrogen-bond donors (Lipinski definition) is 1. The van der Waals surface area contributed by atoms with Crippen LogP contribution in [0.2, 0.25) is 0 Å². The van der Waals surface area contributed by atoms with Gasteiger partial charge in [-0.2, -0.15) is 0 Å². The van der Waals surface area contributed by atoms with Crippen LogP contribution in [-0.4, -0.2) is 12.5 Å². The molecule has 0 atom stereocenters. The fourth-order valence-electron chi connectivity index (χ4n) is 2.13. The van der Waals surface area contributed by atoms with E-state index < -0.39 is 0 Å². The summed E-state index contributed by atoms with van der Waals surface area (Å²) in [5.74, 6) is 0.142. The van der Waals surface area contributed by atoms with Crippen LogP contribution in [0.3, 0.4) is 0 Å². The number of hydrogen-bond acceptors (Lipinski definition) is 2. The second-order valence-corrected chi connectivity index (χ2v) is 5.50. The number of allylic oxidation sites excluding steroid dienone is 1. The SMILES string of the molecule is O=C(Cc1cccs1)NCCC1=CCCCC1. The molecule has 0 bridgehead atoms. The predicted octanol–water partition coefficient (Wildman–Crippen LogP) is 3.30. The number of amides is 1. The van der Waals surface area contributed by atoms with Crippen LogP contribution in [-0.2, 0) is 11.2 Å². The first-order valence-electron chi connectivity index (χ1n) is 6.31. The molecule has 0 radical (unpaired) electrons. The van der Waals surface area contributed by atoms with E-state index in [0.29, 0.717) is 6.42 Å². The first-order chi connectivity index (χ1) is 8.34. The van der Waals surface area contributed by atoms with Gasteiger partial charge >= 0.3 is 0 Å². The summed E-state index contributed by atoms with van der Waals surface area (Å²) in [5.41, 5.74) is 1.52. The highest BCUT2D eigenvalue weighted by molar-refractivity contribution is 7.10. The highest BCUT2D eigenvalue weighted by Crippen LogP contribution is 2.19. The van der Waals surface area contributed by atoms with Crippen molar-refractivity contribution in [2.75, 3.05) is 6.54 Å². The Morgan fingerprint density at radius 2 is 2.35 bits per heavy atom. The van der Waals surface area contributed by atoms with Gasteiger partial charge in [-0.25, -0.2) is 0 Å². The molecule has 92 valence electrons. The van der Waals surface area contributed by atoms with Gasteiger partial charge in [-0.1, -0.05) is 17.7 Å². The summed E-state index contributed by atoms with van der Waals surface area (Å²) in [5, 5.41) is 5.00. The first-order valence-corrected chi connectivity index (χ1v) is 7.19. The van der Waals surface area contributed by atoms with Crippen molar-refractivity contribution in [1.82, 2.24) is 5.32 Å². The van der Waals surface area contributed by atoms with Crippen LogP contribution in [0.15, 0.2) is 29.2 Å². The number of rotatable bonds is 5. The maximum absolute atomic E-state index is 11.6. The zero-order valence-electron chi connectivity index (χ0n) is 10.1. The molecule has 0 aromatic carbocycles. The number of carbonyl (C=O) groups excluding carboxylic acids is 1. The molecular weight excluding hydrogens is 230 g/mol. The second-order valence-electron chi connectivity index (χ2n) is 4.46. The van der Waals surface area contributed by atoms with E-state index in [0.717, 1.165) is 17.8 Å². The lowest BCUT2D eigenvalue weighted by Gasteiger charge is -2.12. The molecule has 0 saturated heterocycles. The summed E-state index contributed by atoms with van der Waals surface area (Å²) >= 11 is 1.64. The molecule has 0 unspecified atom stereocenters. The Labute approximate surface area is 107 Å². The van der Waals surface area contributed by atoms with Gasteiger partial charge in [0.1, 0.15) is 0 Å². The maximum atomic E-state index is 11.6. The Morgan fingerprint density at radius 1 is 1.41 bits per heavy atom. The quantitative estimate of drug-likeness (QED) is 0.797. The summed E-state index contributed by atoms with van der Waals surface area (Å²) in [6.45, 7) is 0.788. The van der Waals surface area contributed by atoms with Gasteiger partial charge in [0.2, 0.25) is 5.91 Å². The Hall–Kier alpha value is -1.09. The molecule has 0 fully saturated rings. The van der Waals surface area contributed by atoms with Gasteiger partial charge in [0.15, 0.2) is 0 Å². The van der Waals surface area contributed by atoms with Crippen molar-refractivity contribution in [3.05, 3.63) is 34.0 Å². The van der Waals surface area contributed by atoms with Crippen molar-refractivity contribution in [1.29, 1.82) is 0 Å². The van der Waals surface area contributed by atoms with Crippen molar-refractivity contribution < 1.29 is 4.79 Å².